The van der Waals surface area contributed by atoms with Crippen LogP contribution in [-0.4, -0.2) is 15.4 Å². The predicted molar refractivity (Wildman–Crippen MR) is 64.3 cm³/mol. The summed E-state index contributed by atoms with van der Waals surface area (Å²) in [4.78, 5) is 11.6. The van der Waals surface area contributed by atoms with E-state index in [1.807, 2.05) is 31.2 Å². The number of hydrogen-bond donors (Lipinski definition) is 1. The topological polar surface area (TPSA) is 50.2 Å². The molecule has 82 valence electrons. The second-order valence-electron chi connectivity index (χ2n) is 3.35. The fourth-order valence-electron chi connectivity index (χ4n) is 1.36. The van der Waals surface area contributed by atoms with Crippen LogP contribution in [-0.2, 0) is 0 Å². The van der Waals surface area contributed by atoms with Gasteiger partial charge in [-0.05, 0) is 24.0 Å². The highest BCUT2D eigenvalue weighted by atomic mass is 35.5. The summed E-state index contributed by atoms with van der Waals surface area (Å²) < 4.78 is 3.86. The van der Waals surface area contributed by atoms with Crippen LogP contribution in [0.3, 0.4) is 0 Å². The Hall–Kier alpha value is -1.39. The van der Waals surface area contributed by atoms with E-state index in [1.165, 1.54) is 0 Å². The SMILES string of the molecule is Cc1ccc(-c2snc(Cl)c2C(=O)O)cc1. The fourth-order valence-corrected chi connectivity index (χ4v) is 2.47. The van der Waals surface area contributed by atoms with Gasteiger partial charge in [0.2, 0.25) is 0 Å². The van der Waals surface area contributed by atoms with E-state index >= 15 is 0 Å². The number of rotatable bonds is 2. The lowest BCUT2D eigenvalue weighted by molar-refractivity contribution is 0.0698. The molecule has 0 amide bonds. The molecule has 0 unspecified atom stereocenters. The van der Waals surface area contributed by atoms with Gasteiger partial charge in [-0.3, -0.25) is 0 Å². The van der Waals surface area contributed by atoms with Crippen LogP contribution in [0.25, 0.3) is 10.4 Å². The highest BCUT2D eigenvalue weighted by Crippen LogP contribution is 2.32. The van der Waals surface area contributed by atoms with E-state index in [0.29, 0.717) is 4.88 Å². The third-order valence-electron chi connectivity index (χ3n) is 2.18. The Morgan fingerprint density at radius 1 is 1.38 bits per heavy atom. The minimum atomic E-state index is -1.05. The summed E-state index contributed by atoms with van der Waals surface area (Å²) >= 11 is 6.84. The van der Waals surface area contributed by atoms with Gasteiger partial charge < -0.3 is 5.11 Å². The van der Waals surface area contributed by atoms with Crippen LogP contribution in [0.5, 0.6) is 0 Å². The Kier molecular flexibility index (Phi) is 2.94. The van der Waals surface area contributed by atoms with Gasteiger partial charge in [0.15, 0.2) is 5.15 Å². The minimum Gasteiger partial charge on any atom is -0.478 e. The smallest absolute Gasteiger partial charge is 0.340 e. The van der Waals surface area contributed by atoms with Crippen LogP contribution in [0.2, 0.25) is 5.15 Å². The van der Waals surface area contributed by atoms with Crippen molar-refractivity contribution in [2.45, 2.75) is 6.92 Å². The molecule has 1 aromatic carbocycles. The Morgan fingerprint density at radius 2 is 2.00 bits per heavy atom. The maximum atomic E-state index is 11.0. The number of aromatic nitrogens is 1. The summed E-state index contributed by atoms with van der Waals surface area (Å²) in [6.07, 6.45) is 0. The monoisotopic (exact) mass is 253 g/mol. The Morgan fingerprint density at radius 3 is 2.56 bits per heavy atom. The number of halogens is 1. The number of carboxylic acids is 1. The van der Waals surface area contributed by atoms with Crippen molar-refractivity contribution in [1.29, 1.82) is 0 Å². The van der Waals surface area contributed by atoms with Gasteiger partial charge in [0, 0.05) is 0 Å². The molecule has 0 radical (unpaired) electrons. The van der Waals surface area contributed by atoms with Gasteiger partial charge in [-0.15, -0.1) is 0 Å². The average molecular weight is 254 g/mol. The average Bonchev–Trinajstić information content (AvgIpc) is 2.61. The van der Waals surface area contributed by atoms with Crippen LogP contribution in [0.1, 0.15) is 15.9 Å². The molecular weight excluding hydrogens is 246 g/mol. The zero-order valence-electron chi connectivity index (χ0n) is 8.40. The maximum Gasteiger partial charge on any atom is 0.340 e. The molecule has 0 saturated carbocycles. The van der Waals surface area contributed by atoms with Crippen LogP contribution in [0, 0.1) is 6.92 Å². The van der Waals surface area contributed by atoms with Crippen LogP contribution < -0.4 is 0 Å². The van der Waals surface area contributed by atoms with Crippen molar-refractivity contribution in [1.82, 2.24) is 4.37 Å². The first-order valence-electron chi connectivity index (χ1n) is 4.55. The van der Waals surface area contributed by atoms with E-state index < -0.39 is 5.97 Å². The van der Waals surface area contributed by atoms with Gasteiger partial charge in [0.25, 0.3) is 0 Å². The highest BCUT2D eigenvalue weighted by Gasteiger charge is 2.19. The molecule has 2 aromatic rings. The fraction of sp³-hybridized carbons (Fsp3) is 0.0909. The van der Waals surface area contributed by atoms with Gasteiger partial charge in [-0.2, -0.15) is 4.37 Å². The van der Waals surface area contributed by atoms with Crippen molar-refractivity contribution < 1.29 is 9.90 Å². The third-order valence-corrected chi connectivity index (χ3v) is 3.45. The Labute approximate surface area is 101 Å². The van der Waals surface area contributed by atoms with E-state index in [1.54, 1.807) is 0 Å². The molecule has 0 saturated heterocycles. The van der Waals surface area contributed by atoms with Crippen LogP contribution >= 0.6 is 23.1 Å². The summed E-state index contributed by atoms with van der Waals surface area (Å²) in [6.45, 7) is 1.97. The largest absolute Gasteiger partial charge is 0.478 e. The zero-order valence-corrected chi connectivity index (χ0v) is 9.97. The summed E-state index contributed by atoms with van der Waals surface area (Å²) in [5.74, 6) is -1.05. The molecule has 0 aliphatic heterocycles. The van der Waals surface area contributed by atoms with Gasteiger partial charge in [-0.25, -0.2) is 4.79 Å². The number of nitrogens with zero attached hydrogens (tertiary/aromatic N) is 1. The standard InChI is InChI=1S/C11H8ClNO2S/c1-6-2-4-7(5-3-6)9-8(11(14)15)10(12)13-16-9/h2-5H,1H3,(H,14,15). The molecule has 1 N–H and O–H groups in total. The quantitative estimate of drug-likeness (QED) is 0.892. The van der Waals surface area contributed by atoms with Gasteiger partial charge >= 0.3 is 5.97 Å². The van der Waals surface area contributed by atoms with Crippen LogP contribution in [0.15, 0.2) is 24.3 Å². The lowest BCUT2D eigenvalue weighted by Crippen LogP contribution is -1.97. The summed E-state index contributed by atoms with van der Waals surface area (Å²) in [6, 6.07) is 7.58. The number of aromatic carboxylic acids is 1. The number of carboxylic acid groups (broad SMARTS) is 1. The third kappa shape index (κ3) is 1.94. The van der Waals surface area contributed by atoms with Gasteiger partial charge in [-0.1, -0.05) is 41.4 Å². The molecule has 0 bridgehead atoms. The lowest BCUT2D eigenvalue weighted by atomic mass is 10.1. The van der Waals surface area contributed by atoms with E-state index in [2.05, 4.69) is 4.37 Å². The van der Waals surface area contributed by atoms with Crippen molar-refractivity contribution in [2.24, 2.45) is 0 Å². The maximum absolute atomic E-state index is 11.0. The second-order valence-corrected chi connectivity index (χ2v) is 4.48. The molecule has 0 fully saturated rings. The van der Waals surface area contributed by atoms with Gasteiger partial charge in [0.05, 0.1) is 4.88 Å². The van der Waals surface area contributed by atoms with E-state index in [9.17, 15) is 4.79 Å². The number of carbonyl (C=O) groups is 1. The number of benzene rings is 1. The summed E-state index contributed by atoms with van der Waals surface area (Å²) in [5, 5.41) is 9.08. The van der Waals surface area contributed by atoms with E-state index in [0.717, 1.165) is 22.7 Å². The van der Waals surface area contributed by atoms with E-state index in [-0.39, 0.29) is 10.7 Å². The Bertz CT molecular complexity index is 533. The molecule has 16 heavy (non-hydrogen) atoms. The molecule has 0 atom stereocenters. The van der Waals surface area contributed by atoms with Crippen molar-refractivity contribution in [2.75, 3.05) is 0 Å². The first kappa shape index (κ1) is 11.1. The molecule has 1 heterocycles. The van der Waals surface area contributed by atoms with E-state index in [4.69, 9.17) is 16.7 Å². The van der Waals surface area contributed by atoms with Gasteiger partial charge in [0.1, 0.15) is 5.56 Å². The summed E-state index contributed by atoms with van der Waals surface area (Å²) in [7, 11) is 0. The van der Waals surface area contributed by atoms with Crippen molar-refractivity contribution in [3.63, 3.8) is 0 Å². The zero-order chi connectivity index (χ0) is 11.7. The molecule has 2 rings (SSSR count). The Balaban J connectivity index is 2.56. The normalized spacial score (nSPS) is 10.4. The molecule has 0 aliphatic carbocycles. The lowest BCUT2D eigenvalue weighted by Gasteiger charge is -1.99. The molecule has 3 nitrogen and oxygen atoms in total. The molecule has 1 aromatic heterocycles. The molecule has 0 aliphatic rings. The molecule has 0 spiro atoms. The van der Waals surface area contributed by atoms with Crippen LogP contribution in [0.4, 0.5) is 0 Å². The van der Waals surface area contributed by atoms with Crippen molar-refractivity contribution >= 4 is 29.1 Å². The van der Waals surface area contributed by atoms with Crippen molar-refractivity contribution in [3.8, 4) is 10.4 Å². The molecule has 5 heteroatoms. The predicted octanol–water partition coefficient (Wildman–Crippen LogP) is 3.47. The van der Waals surface area contributed by atoms with Crippen molar-refractivity contribution in [3.05, 3.63) is 40.5 Å². The summed E-state index contributed by atoms with van der Waals surface area (Å²) in [5.41, 5.74) is 2.03. The minimum absolute atomic E-state index is 0.0491. The highest BCUT2D eigenvalue weighted by molar-refractivity contribution is 7.10. The number of aryl methyl sites for hydroxylation is 1. The number of hydrogen-bond acceptors (Lipinski definition) is 3. The first-order valence-corrected chi connectivity index (χ1v) is 5.70. The second kappa shape index (κ2) is 4.23. The molecular formula is C11H8ClNO2S. The first-order chi connectivity index (χ1) is 7.59.